The maximum atomic E-state index is 11.0. The van der Waals surface area contributed by atoms with Crippen molar-refractivity contribution in [3.63, 3.8) is 0 Å². The molecular weight excluding hydrogens is 142 g/mol. The van der Waals surface area contributed by atoms with Gasteiger partial charge in [-0.3, -0.25) is 9.63 Å². The molecule has 0 heterocycles. The molecule has 0 saturated heterocycles. The summed E-state index contributed by atoms with van der Waals surface area (Å²) in [6, 6.07) is 0. The zero-order valence-corrected chi connectivity index (χ0v) is 7.55. The lowest BCUT2D eigenvalue weighted by Gasteiger charge is -2.11. The molecule has 11 heavy (non-hydrogen) atoms. The van der Waals surface area contributed by atoms with E-state index in [-0.39, 0.29) is 5.91 Å². The summed E-state index contributed by atoms with van der Waals surface area (Å²) in [5.74, 6) is -0.0336. The summed E-state index contributed by atoms with van der Waals surface area (Å²) in [5.41, 5.74) is 1.14. The van der Waals surface area contributed by atoms with E-state index in [2.05, 4.69) is 0 Å². The van der Waals surface area contributed by atoms with Crippen LogP contribution in [-0.2, 0) is 9.63 Å². The molecule has 0 rings (SSSR count). The van der Waals surface area contributed by atoms with Gasteiger partial charge in [-0.15, -0.1) is 0 Å². The molecular formula is C8H15NO2. The first-order valence-corrected chi connectivity index (χ1v) is 3.52. The third-order valence-electron chi connectivity index (χ3n) is 1.31. The predicted molar refractivity (Wildman–Crippen MR) is 43.8 cm³/mol. The van der Waals surface area contributed by atoms with Gasteiger partial charge in [0.25, 0.3) is 0 Å². The number of hydrogen-bond acceptors (Lipinski definition) is 2. The fraction of sp³-hybridized carbons (Fsp3) is 0.625. The van der Waals surface area contributed by atoms with Crippen LogP contribution in [0.5, 0.6) is 0 Å². The number of rotatable bonds is 3. The summed E-state index contributed by atoms with van der Waals surface area (Å²) < 4.78 is 0. The topological polar surface area (TPSA) is 29.5 Å². The lowest BCUT2D eigenvalue weighted by atomic mass is 10.2. The second kappa shape index (κ2) is 4.91. The highest BCUT2D eigenvalue weighted by molar-refractivity contribution is 5.76. The third-order valence-corrected chi connectivity index (χ3v) is 1.31. The summed E-state index contributed by atoms with van der Waals surface area (Å²) in [5, 5.41) is 1.22. The van der Waals surface area contributed by atoms with Gasteiger partial charge in [-0.05, 0) is 13.8 Å². The van der Waals surface area contributed by atoms with Gasteiger partial charge in [-0.1, -0.05) is 11.6 Å². The molecule has 0 aromatic carbocycles. The van der Waals surface area contributed by atoms with E-state index in [1.807, 2.05) is 19.9 Å². The molecule has 3 nitrogen and oxygen atoms in total. The van der Waals surface area contributed by atoms with E-state index in [9.17, 15) is 4.79 Å². The molecule has 0 aliphatic heterocycles. The van der Waals surface area contributed by atoms with Gasteiger partial charge in [0.1, 0.15) is 0 Å². The summed E-state index contributed by atoms with van der Waals surface area (Å²) in [6.07, 6.45) is 2.28. The Morgan fingerprint density at radius 1 is 1.55 bits per heavy atom. The van der Waals surface area contributed by atoms with Gasteiger partial charge in [0.15, 0.2) is 0 Å². The van der Waals surface area contributed by atoms with Crippen LogP contribution in [0.4, 0.5) is 0 Å². The molecule has 0 aliphatic carbocycles. The zero-order valence-electron chi connectivity index (χ0n) is 7.55. The van der Waals surface area contributed by atoms with Crippen molar-refractivity contribution < 1.29 is 9.63 Å². The van der Waals surface area contributed by atoms with Gasteiger partial charge in [-0.2, -0.15) is 0 Å². The molecule has 0 spiro atoms. The maximum Gasteiger partial charge on any atom is 0.249 e. The zero-order chi connectivity index (χ0) is 8.85. The molecule has 0 atom stereocenters. The van der Waals surface area contributed by atoms with Crippen molar-refractivity contribution in [1.29, 1.82) is 0 Å². The van der Waals surface area contributed by atoms with Crippen LogP contribution < -0.4 is 0 Å². The van der Waals surface area contributed by atoms with Gasteiger partial charge < -0.3 is 0 Å². The normalized spacial score (nSPS) is 9.09. The molecule has 64 valence electrons. The van der Waals surface area contributed by atoms with E-state index in [4.69, 9.17) is 4.84 Å². The second-order valence-corrected chi connectivity index (χ2v) is 2.56. The highest BCUT2D eigenvalue weighted by Gasteiger charge is 2.03. The van der Waals surface area contributed by atoms with Crippen molar-refractivity contribution in [3.8, 4) is 0 Å². The molecule has 0 aliphatic rings. The monoisotopic (exact) mass is 157 g/mol. The first-order valence-electron chi connectivity index (χ1n) is 3.52. The molecule has 0 N–H and O–H groups in total. The number of hydrogen-bond donors (Lipinski definition) is 0. The van der Waals surface area contributed by atoms with Crippen molar-refractivity contribution in [2.45, 2.75) is 20.3 Å². The number of hydroxylamine groups is 2. The van der Waals surface area contributed by atoms with Crippen molar-refractivity contribution >= 4 is 5.91 Å². The minimum atomic E-state index is -0.0336. The van der Waals surface area contributed by atoms with E-state index < -0.39 is 0 Å². The molecule has 0 bridgehead atoms. The minimum absolute atomic E-state index is 0.0336. The van der Waals surface area contributed by atoms with Crippen LogP contribution in [0, 0.1) is 0 Å². The molecule has 0 radical (unpaired) electrons. The first kappa shape index (κ1) is 10.2. The van der Waals surface area contributed by atoms with E-state index in [1.165, 1.54) is 12.2 Å². The van der Waals surface area contributed by atoms with Crippen LogP contribution in [0.3, 0.4) is 0 Å². The molecule has 3 heteroatoms. The number of amides is 1. The number of carbonyl (C=O) groups excluding carboxylic acids is 1. The fourth-order valence-electron chi connectivity index (χ4n) is 0.522. The Morgan fingerprint density at radius 3 is 2.45 bits per heavy atom. The average Bonchev–Trinajstić information content (AvgIpc) is 1.98. The Bertz CT molecular complexity index is 159. The van der Waals surface area contributed by atoms with Crippen LogP contribution in [0.2, 0.25) is 0 Å². The smallest absolute Gasteiger partial charge is 0.249 e. The summed E-state index contributed by atoms with van der Waals surface area (Å²) in [6.45, 7) is 3.92. The summed E-state index contributed by atoms with van der Waals surface area (Å²) in [7, 11) is 3.07. The van der Waals surface area contributed by atoms with E-state index >= 15 is 0 Å². The molecule has 0 saturated carbocycles. The van der Waals surface area contributed by atoms with Crippen molar-refractivity contribution in [3.05, 3.63) is 11.6 Å². The van der Waals surface area contributed by atoms with Crippen LogP contribution >= 0.6 is 0 Å². The fourth-order valence-corrected chi connectivity index (χ4v) is 0.522. The van der Waals surface area contributed by atoms with Gasteiger partial charge in [0.2, 0.25) is 5.91 Å². The quantitative estimate of drug-likeness (QED) is 0.457. The Kier molecular flexibility index (Phi) is 4.54. The molecule has 0 unspecified atom stereocenters. The highest BCUT2D eigenvalue weighted by Crippen LogP contribution is 1.96. The summed E-state index contributed by atoms with van der Waals surface area (Å²) in [4.78, 5) is 15.7. The highest BCUT2D eigenvalue weighted by atomic mass is 16.7. The maximum absolute atomic E-state index is 11.0. The standard InChI is InChI=1S/C8H15NO2/c1-7(2)5-6-8(10)9(3)11-4/h5H,6H2,1-4H3. The Balaban J connectivity index is 3.79. The lowest BCUT2D eigenvalue weighted by Crippen LogP contribution is -2.24. The van der Waals surface area contributed by atoms with Crippen LogP contribution in [0.15, 0.2) is 11.6 Å². The lowest BCUT2D eigenvalue weighted by molar-refractivity contribution is -0.167. The largest absolute Gasteiger partial charge is 0.275 e. The average molecular weight is 157 g/mol. The molecule has 1 amide bonds. The van der Waals surface area contributed by atoms with Crippen molar-refractivity contribution in [1.82, 2.24) is 5.06 Å². The Labute approximate surface area is 67.6 Å². The third kappa shape index (κ3) is 4.56. The van der Waals surface area contributed by atoms with Crippen LogP contribution in [-0.4, -0.2) is 25.1 Å². The number of carbonyl (C=O) groups is 1. The summed E-state index contributed by atoms with van der Waals surface area (Å²) >= 11 is 0. The van der Waals surface area contributed by atoms with E-state index in [1.54, 1.807) is 7.05 Å². The van der Waals surface area contributed by atoms with Crippen LogP contribution in [0.25, 0.3) is 0 Å². The van der Waals surface area contributed by atoms with Crippen molar-refractivity contribution in [2.24, 2.45) is 0 Å². The second-order valence-electron chi connectivity index (χ2n) is 2.56. The molecule has 0 aromatic rings. The van der Waals surface area contributed by atoms with Crippen molar-refractivity contribution in [2.75, 3.05) is 14.2 Å². The first-order chi connectivity index (χ1) is 5.07. The SMILES string of the molecule is CON(C)C(=O)CC=C(C)C. The van der Waals surface area contributed by atoms with Gasteiger partial charge in [-0.25, -0.2) is 5.06 Å². The molecule has 0 fully saturated rings. The Hall–Kier alpha value is -0.830. The van der Waals surface area contributed by atoms with E-state index in [0.29, 0.717) is 6.42 Å². The van der Waals surface area contributed by atoms with Gasteiger partial charge in [0, 0.05) is 13.5 Å². The van der Waals surface area contributed by atoms with Crippen LogP contribution in [0.1, 0.15) is 20.3 Å². The minimum Gasteiger partial charge on any atom is -0.275 e. The predicted octanol–water partition coefficient (Wildman–Crippen LogP) is 1.36. The van der Waals surface area contributed by atoms with Gasteiger partial charge in [0.05, 0.1) is 7.11 Å². The number of nitrogens with zero attached hydrogens (tertiary/aromatic N) is 1. The number of allylic oxidation sites excluding steroid dienone is 1. The van der Waals surface area contributed by atoms with Gasteiger partial charge >= 0.3 is 0 Å². The Morgan fingerprint density at radius 2 is 2.09 bits per heavy atom. The molecule has 0 aromatic heterocycles. The van der Waals surface area contributed by atoms with E-state index in [0.717, 1.165) is 5.57 Å².